The van der Waals surface area contributed by atoms with Gasteiger partial charge in [-0.15, -0.1) is 0 Å². The Morgan fingerprint density at radius 2 is 1.76 bits per heavy atom. The fourth-order valence-corrected chi connectivity index (χ4v) is 2.36. The first-order chi connectivity index (χ1) is 10.1. The first kappa shape index (κ1) is 13.1. The van der Waals surface area contributed by atoms with E-state index in [-0.39, 0.29) is 5.56 Å². The topological polar surface area (TPSA) is 59.3 Å². The number of carboxylic acids is 1. The molecular weight excluding hydrogens is 266 g/mol. The highest BCUT2D eigenvalue weighted by Gasteiger charge is 2.10. The normalized spacial score (nSPS) is 10.7. The third kappa shape index (κ3) is 2.56. The molecule has 2 aromatic carbocycles. The van der Waals surface area contributed by atoms with E-state index in [0.29, 0.717) is 6.54 Å². The van der Waals surface area contributed by atoms with Gasteiger partial charge in [0.05, 0.1) is 6.54 Å². The van der Waals surface area contributed by atoms with Crippen LogP contribution in [0.5, 0.6) is 0 Å². The Morgan fingerprint density at radius 1 is 1.00 bits per heavy atom. The van der Waals surface area contributed by atoms with Crippen LogP contribution in [0.1, 0.15) is 15.9 Å². The molecule has 1 N–H and O–H groups in total. The third-order valence-electron chi connectivity index (χ3n) is 3.42. The average molecular weight is 279 g/mol. The molecule has 0 atom stereocenters. The number of carboxylic acid groups (broad SMARTS) is 1. The Kier molecular flexibility index (Phi) is 3.28. The first-order valence-corrected chi connectivity index (χ1v) is 6.55. The fourth-order valence-electron chi connectivity index (χ4n) is 2.36. The van der Waals surface area contributed by atoms with Gasteiger partial charge < -0.3 is 9.67 Å². The summed E-state index contributed by atoms with van der Waals surface area (Å²) in [5, 5.41) is 11.2. The van der Waals surface area contributed by atoms with Crippen LogP contribution in [0.4, 0.5) is 0 Å². The molecule has 1 heterocycles. The molecule has 0 spiro atoms. The van der Waals surface area contributed by atoms with Crippen LogP contribution in [0.25, 0.3) is 10.8 Å². The molecule has 3 rings (SSSR count). The van der Waals surface area contributed by atoms with Crippen LogP contribution in [-0.4, -0.2) is 15.6 Å². The molecule has 0 saturated heterocycles. The number of aromatic carboxylic acids is 1. The molecular formula is C17H13NO3. The molecule has 4 nitrogen and oxygen atoms in total. The van der Waals surface area contributed by atoms with Crippen LogP contribution in [-0.2, 0) is 6.54 Å². The van der Waals surface area contributed by atoms with E-state index in [1.54, 1.807) is 12.3 Å². The van der Waals surface area contributed by atoms with E-state index in [4.69, 9.17) is 5.11 Å². The van der Waals surface area contributed by atoms with Crippen molar-refractivity contribution >= 4 is 16.7 Å². The Balaban J connectivity index is 2.01. The Morgan fingerprint density at radius 3 is 2.52 bits per heavy atom. The van der Waals surface area contributed by atoms with Gasteiger partial charge in [-0.2, -0.15) is 0 Å². The van der Waals surface area contributed by atoms with Crippen molar-refractivity contribution in [3.05, 3.63) is 82.3 Å². The summed E-state index contributed by atoms with van der Waals surface area (Å²) in [6.45, 7) is 0.352. The molecule has 0 aliphatic heterocycles. The van der Waals surface area contributed by atoms with Gasteiger partial charge in [-0.1, -0.05) is 36.4 Å². The monoisotopic (exact) mass is 279 g/mol. The number of hydrogen-bond donors (Lipinski definition) is 1. The van der Waals surface area contributed by atoms with Gasteiger partial charge in [-0.25, -0.2) is 4.79 Å². The van der Waals surface area contributed by atoms with Gasteiger partial charge in [0.15, 0.2) is 0 Å². The maximum atomic E-state index is 12.1. The number of carbonyl (C=O) groups is 1. The van der Waals surface area contributed by atoms with Gasteiger partial charge in [-0.3, -0.25) is 4.79 Å². The van der Waals surface area contributed by atoms with Crippen molar-refractivity contribution in [1.29, 1.82) is 0 Å². The molecule has 0 fully saturated rings. The molecule has 0 bridgehead atoms. The van der Waals surface area contributed by atoms with Crippen molar-refractivity contribution in [1.82, 2.24) is 4.57 Å². The number of nitrogens with zero attached hydrogens (tertiary/aromatic N) is 1. The lowest BCUT2D eigenvalue weighted by molar-refractivity contribution is 0.0694. The van der Waals surface area contributed by atoms with Crippen LogP contribution in [0.15, 0.2) is 65.6 Å². The van der Waals surface area contributed by atoms with E-state index in [0.717, 1.165) is 16.3 Å². The minimum atomic E-state index is -1.20. The molecule has 104 valence electrons. The highest BCUT2D eigenvalue weighted by molar-refractivity contribution is 5.87. The minimum absolute atomic E-state index is 0.210. The predicted molar refractivity (Wildman–Crippen MR) is 80.7 cm³/mol. The standard InChI is InChI=1S/C17H13NO3/c19-16-15(17(20)21)6-3-9-18(16)11-12-7-8-13-4-1-2-5-14(13)10-12/h1-10H,11H2,(H,20,21). The summed E-state index contributed by atoms with van der Waals surface area (Å²) in [5.74, 6) is -1.20. The second-order valence-electron chi connectivity index (χ2n) is 4.84. The smallest absolute Gasteiger partial charge is 0.341 e. The highest BCUT2D eigenvalue weighted by Crippen LogP contribution is 2.16. The number of hydrogen-bond acceptors (Lipinski definition) is 2. The number of aromatic nitrogens is 1. The van der Waals surface area contributed by atoms with E-state index in [1.807, 2.05) is 42.5 Å². The second-order valence-corrected chi connectivity index (χ2v) is 4.84. The van der Waals surface area contributed by atoms with Gasteiger partial charge in [0.1, 0.15) is 5.56 Å². The maximum Gasteiger partial charge on any atom is 0.341 e. The Bertz CT molecular complexity index is 880. The maximum absolute atomic E-state index is 12.1. The SMILES string of the molecule is O=C(O)c1cccn(Cc2ccc3ccccc3c2)c1=O. The lowest BCUT2D eigenvalue weighted by Crippen LogP contribution is -2.25. The molecule has 21 heavy (non-hydrogen) atoms. The molecule has 0 saturated carbocycles. The van der Waals surface area contributed by atoms with Crippen molar-refractivity contribution in [2.45, 2.75) is 6.54 Å². The van der Waals surface area contributed by atoms with E-state index >= 15 is 0 Å². The summed E-state index contributed by atoms with van der Waals surface area (Å²) in [4.78, 5) is 23.0. The van der Waals surface area contributed by atoms with Gasteiger partial charge in [0, 0.05) is 6.20 Å². The quantitative estimate of drug-likeness (QED) is 0.802. The van der Waals surface area contributed by atoms with Gasteiger partial charge in [-0.05, 0) is 34.5 Å². The lowest BCUT2D eigenvalue weighted by Gasteiger charge is -2.08. The van der Waals surface area contributed by atoms with E-state index in [9.17, 15) is 9.59 Å². The van der Waals surface area contributed by atoms with E-state index < -0.39 is 11.5 Å². The summed E-state index contributed by atoms with van der Waals surface area (Å²) >= 11 is 0. The van der Waals surface area contributed by atoms with Gasteiger partial charge in [0.25, 0.3) is 5.56 Å². The van der Waals surface area contributed by atoms with Crippen LogP contribution in [0.2, 0.25) is 0 Å². The van der Waals surface area contributed by atoms with Crippen molar-refractivity contribution < 1.29 is 9.90 Å². The molecule has 0 unspecified atom stereocenters. The lowest BCUT2D eigenvalue weighted by atomic mass is 10.1. The third-order valence-corrected chi connectivity index (χ3v) is 3.42. The number of rotatable bonds is 3. The number of fused-ring (bicyclic) bond motifs is 1. The highest BCUT2D eigenvalue weighted by atomic mass is 16.4. The van der Waals surface area contributed by atoms with Crippen LogP contribution >= 0.6 is 0 Å². The molecule has 4 heteroatoms. The number of benzene rings is 2. The second kappa shape index (κ2) is 5.25. The van der Waals surface area contributed by atoms with E-state index in [2.05, 4.69) is 0 Å². The summed E-state index contributed by atoms with van der Waals surface area (Å²) in [6.07, 6.45) is 1.60. The first-order valence-electron chi connectivity index (χ1n) is 6.55. The zero-order chi connectivity index (χ0) is 14.8. The number of pyridine rings is 1. The van der Waals surface area contributed by atoms with Crippen molar-refractivity contribution in [3.63, 3.8) is 0 Å². The minimum Gasteiger partial charge on any atom is -0.477 e. The molecule has 0 radical (unpaired) electrons. The summed E-state index contributed by atoms with van der Waals surface area (Å²) in [5.41, 5.74) is 0.259. The predicted octanol–water partition coefficient (Wildman–Crippen LogP) is 2.75. The van der Waals surface area contributed by atoms with Crippen molar-refractivity contribution in [2.75, 3.05) is 0 Å². The van der Waals surface area contributed by atoms with Crippen molar-refractivity contribution in [2.24, 2.45) is 0 Å². The summed E-state index contributed by atoms with van der Waals surface area (Å²) in [7, 11) is 0. The van der Waals surface area contributed by atoms with Gasteiger partial charge >= 0.3 is 5.97 Å². The van der Waals surface area contributed by atoms with E-state index in [1.165, 1.54) is 10.6 Å². The van der Waals surface area contributed by atoms with Gasteiger partial charge in [0.2, 0.25) is 0 Å². The fraction of sp³-hybridized carbons (Fsp3) is 0.0588. The molecule has 1 aromatic heterocycles. The zero-order valence-electron chi connectivity index (χ0n) is 11.2. The summed E-state index contributed by atoms with van der Waals surface area (Å²) in [6, 6.07) is 16.8. The molecule has 0 aliphatic carbocycles. The molecule has 3 aromatic rings. The largest absolute Gasteiger partial charge is 0.477 e. The Hall–Kier alpha value is -2.88. The average Bonchev–Trinajstić information content (AvgIpc) is 2.49. The van der Waals surface area contributed by atoms with Crippen LogP contribution < -0.4 is 5.56 Å². The van der Waals surface area contributed by atoms with Crippen molar-refractivity contribution in [3.8, 4) is 0 Å². The van der Waals surface area contributed by atoms with Crippen LogP contribution in [0.3, 0.4) is 0 Å². The Labute approximate surface area is 120 Å². The zero-order valence-corrected chi connectivity index (χ0v) is 11.2. The van der Waals surface area contributed by atoms with Crippen LogP contribution in [0, 0.1) is 0 Å². The molecule has 0 amide bonds. The molecule has 0 aliphatic rings. The summed E-state index contributed by atoms with van der Waals surface area (Å²) < 4.78 is 1.41.